The normalized spacial score (nSPS) is 11.8. The molecular weight excluding hydrogens is 480 g/mol. The topological polar surface area (TPSA) is 111 Å². The van der Waals surface area contributed by atoms with Crippen molar-refractivity contribution in [2.75, 3.05) is 38.5 Å². The van der Waals surface area contributed by atoms with Crippen LogP contribution in [0.1, 0.15) is 27.3 Å². The first-order chi connectivity index (χ1) is 16.2. The van der Waals surface area contributed by atoms with Gasteiger partial charge in [0.1, 0.15) is 16.7 Å². The molecule has 186 valence electrons. The molecule has 0 amide bonds. The molecule has 2 heterocycles. The van der Waals surface area contributed by atoms with E-state index in [9.17, 15) is 13.5 Å². The van der Waals surface area contributed by atoms with Crippen molar-refractivity contribution in [2.24, 2.45) is 0 Å². The van der Waals surface area contributed by atoms with Gasteiger partial charge in [0.25, 0.3) is 10.0 Å². The maximum absolute atomic E-state index is 14.0. The van der Waals surface area contributed by atoms with E-state index >= 15 is 0 Å². The number of aliphatic hydroxyl groups is 1. The van der Waals surface area contributed by atoms with Crippen molar-refractivity contribution < 1.29 is 32.3 Å². The molecule has 0 aliphatic rings. The van der Waals surface area contributed by atoms with Gasteiger partial charge in [-0.25, -0.2) is 12.7 Å². The third-order valence-corrected chi connectivity index (χ3v) is 8.57. The number of methoxy groups -OCH3 is 2. The van der Waals surface area contributed by atoms with Crippen molar-refractivity contribution in [2.45, 2.75) is 38.2 Å². The molecule has 0 radical (unpaired) electrons. The second-order valence-electron chi connectivity index (χ2n) is 7.71. The molecule has 3 aromatic rings. The number of ether oxygens (including phenoxy) is 3. The van der Waals surface area contributed by atoms with Gasteiger partial charge in [0.15, 0.2) is 5.82 Å². The Hall–Kier alpha value is -2.28. The highest BCUT2D eigenvalue weighted by atomic mass is 32.2. The zero-order valence-corrected chi connectivity index (χ0v) is 21.6. The summed E-state index contributed by atoms with van der Waals surface area (Å²) in [5.74, 6) is 0.705. The maximum atomic E-state index is 14.0. The number of anilines is 1. The lowest BCUT2D eigenvalue weighted by molar-refractivity contribution is 0.0753. The number of hydrogen-bond acceptors (Lipinski definition) is 9. The average molecular weight is 511 g/mol. The minimum Gasteiger partial charge on any atom is -0.392 e. The van der Waals surface area contributed by atoms with Gasteiger partial charge < -0.3 is 23.8 Å². The van der Waals surface area contributed by atoms with Crippen molar-refractivity contribution in [3.63, 3.8) is 0 Å². The molecule has 0 aliphatic heterocycles. The van der Waals surface area contributed by atoms with E-state index in [1.807, 2.05) is 25.1 Å². The molecule has 0 saturated heterocycles. The van der Waals surface area contributed by atoms with E-state index < -0.39 is 10.0 Å². The lowest BCUT2D eigenvalue weighted by atomic mass is 10.00. The van der Waals surface area contributed by atoms with Crippen LogP contribution in [0, 0.1) is 20.8 Å². The molecule has 1 aromatic carbocycles. The van der Waals surface area contributed by atoms with Crippen LogP contribution in [0.4, 0.5) is 5.82 Å². The molecule has 0 bridgehead atoms. The molecule has 11 heteroatoms. The Labute approximate surface area is 203 Å². The number of hydrogen-bond donors (Lipinski definition) is 1. The van der Waals surface area contributed by atoms with Crippen LogP contribution in [0.15, 0.2) is 33.0 Å². The molecule has 0 fully saturated rings. The van der Waals surface area contributed by atoms with E-state index in [2.05, 4.69) is 5.16 Å². The van der Waals surface area contributed by atoms with Crippen molar-refractivity contribution >= 4 is 27.2 Å². The predicted octanol–water partition coefficient (Wildman–Crippen LogP) is 3.78. The van der Waals surface area contributed by atoms with Gasteiger partial charge in [-0.05, 0) is 43.5 Å². The highest BCUT2D eigenvalue weighted by Crippen LogP contribution is 2.40. The van der Waals surface area contributed by atoms with E-state index in [1.165, 1.54) is 11.3 Å². The lowest BCUT2D eigenvalue weighted by Crippen LogP contribution is -2.34. The van der Waals surface area contributed by atoms with Crippen LogP contribution >= 0.6 is 11.3 Å². The van der Waals surface area contributed by atoms with Crippen LogP contribution in [0.2, 0.25) is 0 Å². The van der Waals surface area contributed by atoms with Gasteiger partial charge in [0.05, 0.1) is 26.4 Å². The van der Waals surface area contributed by atoms with Gasteiger partial charge in [0, 0.05) is 30.2 Å². The minimum atomic E-state index is -4.08. The summed E-state index contributed by atoms with van der Waals surface area (Å²) >= 11 is 1.17. The molecule has 1 N–H and O–H groups in total. The molecule has 3 rings (SSSR count). The van der Waals surface area contributed by atoms with Crippen LogP contribution in [0.25, 0.3) is 11.1 Å². The van der Waals surface area contributed by atoms with Crippen LogP contribution < -0.4 is 4.31 Å². The fourth-order valence-electron chi connectivity index (χ4n) is 3.43. The Balaban J connectivity index is 2.13. The van der Waals surface area contributed by atoms with Gasteiger partial charge in [-0.1, -0.05) is 23.4 Å². The molecule has 0 saturated carbocycles. The van der Waals surface area contributed by atoms with Gasteiger partial charge in [-0.2, -0.15) is 0 Å². The van der Waals surface area contributed by atoms with E-state index in [4.69, 9.17) is 18.7 Å². The first-order valence-corrected chi connectivity index (χ1v) is 12.8. The summed E-state index contributed by atoms with van der Waals surface area (Å²) in [5.41, 5.74) is 3.38. The number of aromatic nitrogens is 1. The van der Waals surface area contributed by atoms with Crippen LogP contribution in [-0.4, -0.2) is 52.8 Å². The summed E-state index contributed by atoms with van der Waals surface area (Å²) in [5, 5.41) is 13.5. The number of aliphatic hydroxyl groups excluding tert-OH is 1. The number of rotatable bonds is 12. The van der Waals surface area contributed by atoms with Crippen LogP contribution in [0.3, 0.4) is 0 Å². The van der Waals surface area contributed by atoms with Crippen molar-refractivity contribution in [1.29, 1.82) is 0 Å². The van der Waals surface area contributed by atoms with Crippen molar-refractivity contribution in [3.05, 3.63) is 51.6 Å². The summed E-state index contributed by atoms with van der Waals surface area (Å²) in [6.07, 6.45) is 0. The largest absolute Gasteiger partial charge is 0.392 e. The predicted molar refractivity (Wildman–Crippen MR) is 129 cm³/mol. The molecule has 2 aromatic heterocycles. The molecule has 34 heavy (non-hydrogen) atoms. The van der Waals surface area contributed by atoms with E-state index in [0.29, 0.717) is 29.1 Å². The second kappa shape index (κ2) is 11.4. The van der Waals surface area contributed by atoms with E-state index in [1.54, 1.807) is 34.1 Å². The molecular formula is C23H30N2O7S2. The fraction of sp³-hybridized carbons (Fsp3) is 0.435. The summed E-state index contributed by atoms with van der Waals surface area (Å²) < 4.78 is 50.6. The first-order valence-electron chi connectivity index (χ1n) is 10.6. The number of benzene rings is 1. The number of nitrogens with zero attached hydrogens (tertiary/aromatic N) is 2. The summed E-state index contributed by atoms with van der Waals surface area (Å²) in [7, 11) is -0.967. The Kier molecular flexibility index (Phi) is 8.85. The van der Waals surface area contributed by atoms with E-state index in [0.717, 1.165) is 20.3 Å². The monoisotopic (exact) mass is 510 g/mol. The summed E-state index contributed by atoms with van der Waals surface area (Å²) in [6.45, 7) is 5.78. The van der Waals surface area contributed by atoms with Gasteiger partial charge >= 0.3 is 0 Å². The SMILES string of the molecule is COCCOCN(c1noc(C)c1C)S(=O)(=O)c1sc(C)cc1-c1ccc(CO)cc1COC. The third kappa shape index (κ3) is 5.51. The smallest absolute Gasteiger partial charge is 0.277 e. The van der Waals surface area contributed by atoms with Crippen LogP contribution in [-0.2, 0) is 37.4 Å². The minimum absolute atomic E-state index is 0.123. The number of aryl methyl sites for hydroxylation is 2. The van der Waals surface area contributed by atoms with Crippen molar-refractivity contribution in [1.82, 2.24) is 5.16 Å². The molecule has 0 unspecified atom stereocenters. The third-order valence-electron chi connectivity index (χ3n) is 5.30. The number of thiophene rings is 1. The summed E-state index contributed by atoms with van der Waals surface area (Å²) in [4.78, 5) is 0.830. The fourth-order valence-corrected chi connectivity index (χ4v) is 6.52. The van der Waals surface area contributed by atoms with Crippen molar-refractivity contribution in [3.8, 4) is 11.1 Å². The Bertz CT molecular complexity index is 1220. The second-order valence-corrected chi connectivity index (χ2v) is 11.0. The quantitative estimate of drug-likeness (QED) is 0.289. The lowest BCUT2D eigenvalue weighted by Gasteiger charge is -2.22. The molecule has 0 atom stereocenters. The Morgan fingerprint density at radius 1 is 1.09 bits per heavy atom. The highest BCUT2D eigenvalue weighted by molar-refractivity contribution is 7.95. The standard InChI is InChI=1S/C23H30N2O7S2/c1-15-10-21(20-7-6-18(12-26)11-19(20)13-30-5)23(33-15)34(27,28)25(14-31-9-8-29-4)22-16(2)17(3)32-24-22/h6-7,10-11,26H,8-9,12-14H2,1-5H3. The van der Waals surface area contributed by atoms with Gasteiger partial charge in [-0.3, -0.25) is 0 Å². The summed E-state index contributed by atoms with van der Waals surface area (Å²) in [6, 6.07) is 7.24. The zero-order valence-electron chi connectivity index (χ0n) is 20.0. The molecule has 9 nitrogen and oxygen atoms in total. The number of sulfonamides is 1. The van der Waals surface area contributed by atoms with Crippen LogP contribution in [0.5, 0.6) is 0 Å². The average Bonchev–Trinajstić information content (AvgIpc) is 3.36. The van der Waals surface area contributed by atoms with Gasteiger partial charge in [-0.15, -0.1) is 11.3 Å². The Morgan fingerprint density at radius 3 is 2.47 bits per heavy atom. The molecule has 0 spiro atoms. The maximum Gasteiger partial charge on any atom is 0.277 e. The molecule has 0 aliphatic carbocycles. The highest BCUT2D eigenvalue weighted by Gasteiger charge is 2.34. The zero-order chi connectivity index (χ0) is 24.9. The first kappa shape index (κ1) is 26.3. The van der Waals surface area contributed by atoms with E-state index in [-0.39, 0.29) is 36.6 Å². The Morgan fingerprint density at radius 2 is 1.85 bits per heavy atom. The van der Waals surface area contributed by atoms with Gasteiger partial charge in [0.2, 0.25) is 0 Å².